The minimum atomic E-state index is -1.37. The van der Waals surface area contributed by atoms with E-state index in [1.165, 1.54) is 23.6 Å². The van der Waals surface area contributed by atoms with Crippen LogP contribution in [0.1, 0.15) is 19.8 Å². The number of aliphatic hydroxyl groups excluding tert-OH is 1. The van der Waals surface area contributed by atoms with Gasteiger partial charge in [0.15, 0.2) is 6.04 Å². The number of hydrogen-bond acceptors (Lipinski definition) is 6. The Morgan fingerprint density at radius 1 is 1.44 bits per heavy atom. The third kappa shape index (κ3) is 2.84. The van der Waals surface area contributed by atoms with Crippen molar-refractivity contribution < 1.29 is 29.1 Å². The van der Waals surface area contributed by atoms with Crippen LogP contribution in [0.15, 0.2) is 10.6 Å². The Bertz CT molecular complexity index is 675. The summed E-state index contributed by atoms with van der Waals surface area (Å²) in [6, 6.07) is -0.631. The highest BCUT2D eigenvalue weighted by atomic mass is 32.2. The van der Waals surface area contributed by atoms with E-state index in [1.807, 2.05) is 14.1 Å². The molecule has 2 saturated heterocycles. The molecule has 0 aromatic heterocycles. The van der Waals surface area contributed by atoms with E-state index >= 15 is 0 Å². The van der Waals surface area contributed by atoms with Crippen molar-refractivity contribution in [2.24, 2.45) is 11.7 Å². The van der Waals surface area contributed by atoms with Crippen molar-refractivity contribution >= 4 is 29.5 Å². The highest BCUT2D eigenvalue weighted by Gasteiger charge is 2.56. The maximum Gasteiger partial charge on any atom is 0.275 e. The summed E-state index contributed by atoms with van der Waals surface area (Å²) in [7, 11) is 3.86. The fourth-order valence-corrected chi connectivity index (χ4v) is 6.03. The molecule has 2 amide bonds. The number of fused-ring (bicyclic) bond motifs is 1. The third-order valence-electron chi connectivity index (χ3n) is 5.52. The normalized spacial score (nSPS) is 34.7. The second-order valence-corrected chi connectivity index (χ2v) is 9.06. The number of primary amides is 1. The number of aliphatic carboxylic acids is 1. The average molecular weight is 369 g/mol. The van der Waals surface area contributed by atoms with Crippen LogP contribution in [-0.2, 0) is 14.4 Å². The standard InChI is InChI=1S/C16H23N3O5S/c1-7(20)12-9-5-11(13(16(23)24)18(9)15(12)22)25-8-4-10(14(17)21)19(2,3)6-8/h7-10,12,20H,4-6H2,1-3H3,(H2-,17,21,23,24)/t7-,8+,9-,10+,12-/m1/s1. The summed E-state index contributed by atoms with van der Waals surface area (Å²) in [5.74, 6) is -2.67. The minimum Gasteiger partial charge on any atom is -0.543 e. The van der Waals surface area contributed by atoms with Gasteiger partial charge in [-0.3, -0.25) is 9.59 Å². The van der Waals surface area contributed by atoms with Gasteiger partial charge in [-0.25, -0.2) is 0 Å². The molecule has 138 valence electrons. The van der Waals surface area contributed by atoms with Gasteiger partial charge in [-0.05, 0) is 6.92 Å². The van der Waals surface area contributed by atoms with E-state index in [1.54, 1.807) is 0 Å². The number of thioether (sulfide) groups is 1. The van der Waals surface area contributed by atoms with Crippen molar-refractivity contribution in [3.8, 4) is 0 Å². The summed E-state index contributed by atoms with van der Waals surface area (Å²) in [5, 5.41) is 21.4. The van der Waals surface area contributed by atoms with Crippen molar-refractivity contribution in [3.05, 3.63) is 10.6 Å². The van der Waals surface area contributed by atoms with E-state index in [0.717, 1.165) is 0 Å². The second-order valence-electron chi connectivity index (χ2n) is 7.66. The first-order chi connectivity index (χ1) is 11.5. The van der Waals surface area contributed by atoms with E-state index < -0.39 is 18.0 Å². The number of quaternary nitrogens is 1. The summed E-state index contributed by atoms with van der Waals surface area (Å²) >= 11 is 1.40. The monoisotopic (exact) mass is 369 g/mol. The molecule has 9 heteroatoms. The molecule has 5 atom stereocenters. The molecule has 25 heavy (non-hydrogen) atoms. The van der Waals surface area contributed by atoms with Crippen LogP contribution in [0.25, 0.3) is 0 Å². The Hall–Kier alpha value is -1.58. The predicted octanol–water partition coefficient (Wildman–Crippen LogP) is -2.00. The molecule has 3 aliphatic rings. The van der Waals surface area contributed by atoms with Crippen LogP contribution in [0.5, 0.6) is 0 Å². The highest BCUT2D eigenvalue weighted by molar-refractivity contribution is 8.03. The summed E-state index contributed by atoms with van der Waals surface area (Å²) in [6.45, 7) is 2.22. The van der Waals surface area contributed by atoms with E-state index in [4.69, 9.17) is 5.73 Å². The number of carbonyl (C=O) groups is 3. The second kappa shape index (κ2) is 6.00. The fourth-order valence-electron chi connectivity index (χ4n) is 4.33. The van der Waals surface area contributed by atoms with Crippen LogP contribution >= 0.6 is 11.8 Å². The van der Waals surface area contributed by atoms with Crippen molar-refractivity contribution in [2.75, 3.05) is 20.6 Å². The Kier molecular flexibility index (Phi) is 4.37. The molecule has 0 spiro atoms. The number of carboxylic acid groups (broad SMARTS) is 1. The molecular weight excluding hydrogens is 346 g/mol. The van der Waals surface area contributed by atoms with Gasteiger partial charge in [-0.15, -0.1) is 11.8 Å². The van der Waals surface area contributed by atoms with Crippen LogP contribution in [0, 0.1) is 5.92 Å². The van der Waals surface area contributed by atoms with E-state index in [-0.39, 0.29) is 34.8 Å². The van der Waals surface area contributed by atoms with Gasteiger partial charge in [0.2, 0.25) is 5.91 Å². The lowest BCUT2D eigenvalue weighted by Gasteiger charge is -2.45. The first kappa shape index (κ1) is 18.2. The smallest absolute Gasteiger partial charge is 0.275 e. The molecule has 2 fully saturated rings. The van der Waals surface area contributed by atoms with Gasteiger partial charge in [0.1, 0.15) is 0 Å². The number of nitrogens with zero attached hydrogens (tertiary/aromatic N) is 2. The number of likely N-dealkylation sites (tertiary alicyclic amines) is 1. The number of amides is 2. The number of nitrogens with two attached hydrogens (primary N) is 1. The zero-order valence-corrected chi connectivity index (χ0v) is 15.3. The molecule has 3 rings (SSSR count). The van der Waals surface area contributed by atoms with E-state index in [9.17, 15) is 24.6 Å². The number of carbonyl (C=O) groups excluding carboxylic acids is 3. The fraction of sp³-hybridized carbons (Fsp3) is 0.688. The zero-order valence-electron chi connectivity index (χ0n) is 14.5. The zero-order chi connectivity index (χ0) is 18.7. The van der Waals surface area contributed by atoms with Gasteiger partial charge in [0, 0.05) is 17.7 Å². The summed E-state index contributed by atoms with van der Waals surface area (Å²) < 4.78 is 0.462. The summed E-state index contributed by atoms with van der Waals surface area (Å²) in [4.78, 5) is 37.3. The summed E-state index contributed by atoms with van der Waals surface area (Å²) in [6.07, 6.45) is 0.151. The maximum atomic E-state index is 12.2. The predicted molar refractivity (Wildman–Crippen MR) is 88.4 cm³/mol. The molecule has 0 bridgehead atoms. The molecule has 3 N–H and O–H groups in total. The van der Waals surface area contributed by atoms with Crippen LogP contribution in [-0.4, -0.2) is 76.4 Å². The lowest BCUT2D eigenvalue weighted by atomic mass is 9.83. The number of β-lactam (4-membered cyclic amide) rings is 1. The maximum absolute atomic E-state index is 12.2. The number of aliphatic hydroxyl groups is 1. The lowest BCUT2D eigenvalue weighted by Crippen LogP contribution is -2.62. The third-order valence-corrected chi connectivity index (χ3v) is 6.84. The van der Waals surface area contributed by atoms with Crippen LogP contribution in [0.4, 0.5) is 0 Å². The Morgan fingerprint density at radius 3 is 2.56 bits per heavy atom. The Morgan fingerprint density at radius 2 is 2.08 bits per heavy atom. The molecule has 3 aliphatic heterocycles. The number of rotatable bonds is 5. The minimum absolute atomic E-state index is 0.0376. The Labute approximate surface area is 150 Å². The molecule has 0 saturated carbocycles. The largest absolute Gasteiger partial charge is 0.543 e. The topological polar surface area (TPSA) is 124 Å². The number of likely N-dealkylation sites (N-methyl/N-ethyl adjacent to an activating group) is 1. The van der Waals surface area contributed by atoms with Gasteiger partial charge in [-0.1, -0.05) is 0 Å². The Balaban J connectivity index is 1.80. The van der Waals surface area contributed by atoms with E-state index in [2.05, 4.69) is 0 Å². The molecule has 0 aromatic carbocycles. The highest BCUT2D eigenvalue weighted by Crippen LogP contribution is 2.49. The van der Waals surface area contributed by atoms with Gasteiger partial charge in [0.05, 0.1) is 55.6 Å². The van der Waals surface area contributed by atoms with Crippen LogP contribution in [0.2, 0.25) is 0 Å². The van der Waals surface area contributed by atoms with Crippen molar-refractivity contribution in [2.45, 2.75) is 43.2 Å². The quantitative estimate of drug-likeness (QED) is 0.426. The molecule has 3 heterocycles. The molecule has 0 radical (unpaired) electrons. The van der Waals surface area contributed by atoms with E-state index in [0.29, 0.717) is 28.8 Å². The molecular formula is C16H23N3O5S. The van der Waals surface area contributed by atoms with Crippen LogP contribution < -0.4 is 10.8 Å². The van der Waals surface area contributed by atoms with Crippen LogP contribution in [0.3, 0.4) is 0 Å². The summed E-state index contributed by atoms with van der Waals surface area (Å²) in [5.41, 5.74) is 5.40. The lowest BCUT2D eigenvalue weighted by molar-refractivity contribution is -0.892. The van der Waals surface area contributed by atoms with Gasteiger partial charge < -0.3 is 30.1 Å². The van der Waals surface area contributed by atoms with Gasteiger partial charge >= 0.3 is 0 Å². The number of carboxylic acids is 1. The first-order valence-electron chi connectivity index (χ1n) is 8.29. The molecule has 8 nitrogen and oxygen atoms in total. The molecule has 0 aliphatic carbocycles. The molecule has 0 aromatic rings. The van der Waals surface area contributed by atoms with Gasteiger partial charge in [0.25, 0.3) is 5.91 Å². The van der Waals surface area contributed by atoms with Gasteiger partial charge in [-0.2, -0.15) is 0 Å². The van der Waals surface area contributed by atoms with Crippen molar-refractivity contribution in [1.29, 1.82) is 0 Å². The SMILES string of the molecule is C[C@@H](O)[C@H]1C(=O)N2C(C(=O)[O-])=C(S[C@H]3C[C@@H](C(N)=O)[N+](C)(C)C3)C[C@H]12. The molecule has 0 unspecified atom stereocenters. The van der Waals surface area contributed by atoms with Crippen molar-refractivity contribution in [3.63, 3.8) is 0 Å². The number of hydrogen-bond donors (Lipinski definition) is 2. The van der Waals surface area contributed by atoms with Crippen molar-refractivity contribution in [1.82, 2.24) is 4.90 Å². The first-order valence-corrected chi connectivity index (χ1v) is 9.17. The average Bonchev–Trinajstić information content (AvgIpc) is 2.93.